The van der Waals surface area contributed by atoms with Gasteiger partial charge < -0.3 is 31.3 Å². The first kappa shape index (κ1) is 29.9. The van der Waals surface area contributed by atoms with E-state index in [0.29, 0.717) is 11.1 Å². The Balaban J connectivity index is 1.63. The zero-order chi connectivity index (χ0) is 31.1. The molecule has 0 aliphatic heterocycles. The van der Waals surface area contributed by atoms with Crippen LogP contribution in [-0.2, 0) is 18.3 Å². The molecule has 0 aromatic heterocycles. The molecular weight excluding hydrogens is 667 g/mol. The van der Waals surface area contributed by atoms with Gasteiger partial charge in [0, 0.05) is 57.0 Å². The minimum absolute atomic E-state index is 0.144. The zero-order valence-electron chi connectivity index (χ0n) is 22.2. The van der Waals surface area contributed by atoms with Gasteiger partial charge in [-0.2, -0.15) is 8.78 Å². The van der Waals surface area contributed by atoms with Crippen molar-refractivity contribution in [2.24, 2.45) is 17.1 Å². The Morgan fingerprint density at radius 3 is 2.29 bits per heavy atom. The number of fused-ring (bicyclic) bond motifs is 3. The number of ketones is 2. The fourth-order valence-corrected chi connectivity index (χ4v) is 6.80. The first-order chi connectivity index (χ1) is 19.5. The van der Waals surface area contributed by atoms with E-state index in [2.05, 4.69) is 0 Å². The maximum Gasteiger partial charge on any atom is 0.321 e. The molecule has 0 spiro atoms. The third-order valence-corrected chi connectivity index (χ3v) is 9.44. The van der Waals surface area contributed by atoms with Crippen molar-refractivity contribution < 1.29 is 48.7 Å². The lowest BCUT2D eigenvalue weighted by Crippen LogP contribution is -2.69. The number of amides is 1. The highest BCUT2D eigenvalue weighted by molar-refractivity contribution is 14.1. The topological polar surface area (TPSA) is 178 Å². The molecule has 220 valence electrons. The second-order valence-corrected chi connectivity index (χ2v) is 12.4. The van der Waals surface area contributed by atoms with Gasteiger partial charge in [-0.25, -0.2) is 0 Å². The van der Waals surface area contributed by atoms with E-state index in [9.17, 15) is 48.7 Å². The van der Waals surface area contributed by atoms with Crippen molar-refractivity contribution in [2.45, 2.75) is 41.8 Å². The van der Waals surface area contributed by atoms with E-state index in [1.54, 1.807) is 25.1 Å². The number of hydrogen-bond donors (Lipinski definition) is 6. The molecule has 1 fully saturated rings. The number of alkyl halides is 3. The number of hydrogen-bond acceptors (Lipinski definition) is 8. The molecule has 3 aliphatic carbocycles. The number of phenolic OH excluding ortho intramolecular Hbond substituents is 1. The van der Waals surface area contributed by atoms with Crippen molar-refractivity contribution in [3.8, 4) is 5.75 Å². The maximum absolute atomic E-state index is 13.9. The van der Waals surface area contributed by atoms with Crippen LogP contribution in [0.5, 0.6) is 5.75 Å². The van der Waals surface area contributed by atoms with Gasteiger partial charge in [0.25, 0.3) is 5.91 Å². The summed E-state index contributed by atoms with van der Waals surface area (Å²) in [4.78, 5) is 38.6. The Hall–Kier alpha value is -3.62. The average molecular weight is 693 g/mol. The van der Waals surface area contributed by atoms with Crippen LogP contribution >= 0.6 is 22.6 Å². The largest absolute Gasteiger partial charge is 0.508 e. The Morgan fingerprint density at radius 2 is 1.71 bits per heavy atom. The lowest BCUT2D eigenvalue weighted by molar-refractivity contribution is -0.185. The number of rotatable bonds is 4. The highest BCUT2D eigenvalue weighted by Crippen LogP contribution is 2.60. The first-order valence-electron chi connectivity index (χ1n) is 12.8. The molecule has 0 saturated heterocycles. The molecule has 0 heterocycles. The molecule has 0 bridgehead atoms. The Bertz CT molecular complexity index is 1660. The minimum atomic E-state index is -3.04. The van der Waals surface area contributed by atoms with Crippen LogP contribution in [0, 0.1) is 11.3 Å². The summed E-state index contributed by atoms with van der Waals surface area (Å²) in [5, 5.41) is 56.6. The molecule has 1 saturated carbocycles. The molecule has 9 nitrogen and oxygen atoms in total. The van der Waals surface area contributed by atoms with Gasteiger partial charge in [-0.1, -0.05) is 62.4 Å². The molecular formula is C30H26F2INO8. The SMILES string of the molecule is C[C@H]1c2ccc(/C=C/c3ccc(C(F)(F)I)cc3)c(O)c2C(O)=C2C(=O)[C@]3(O)C(O)=C(C(N)=O)C(=O)C[C@]3(C)[C@@H](O)[C@@H]21. The molecule has 5 atom stereocenters. The van der Waals surface area contributed by atoms with Crippen molar-refractivity contribution in [3.05, 3.63) is 81.1 Å². The summed E-state index contributed by atoms with van der Waals surface area (Å²) in [6, 6.07) is 8.59. The summed E-state index contributed by atoms with van der Waals surface area (Å²) >= 11 is 1.03. The standard InChI is InChI=1S/C30H26F2INO8/c1-12-16-10-7-14(6-3-13-4-8-15(9-5-13)30(31,32)33)22(36)19(16)23(37)21-18(12)24(38)28(2)11-17(35)20(27(34)41)25(39)29(28,42)26(21)40/h3-10,12,18,24,36-39,42H,11H2,1-2H3,(H2,34,41)/b6-3+/t12-,18+,24-,28+,29+/m0/s1. The molecule has 2 aromatic rings. The molecule has 7 N–H and O–H groups in total. The zero-order valence-corrected chi connectivity index (χ0v) is 24.4. The number of Topliss-reactive ketones (excluding diaryl/α,β-unsaturated/α-hetero) is 2. The van der Waals surface area contributed by atoms with Gasteiger partial charge >= 0.3 is 3.93 Å². The summed E-state index contributed by atoms with van der Waals surface area (Å²) in [6.07, 6.45) is 0.672. The molecule has 0 radical (unpaired) electrons. The van der Waals surface area contributed by atoms with Crippen LogP contribution in [0.4, 0.5) is 8.78 Å². The van der Waals surface area contributed by atoms with Crippen molar-refractivity contribution in [3.63, 3.8) is 0 Å². The van der Waals surface area contributed by atoms with Crippen LogP contribution in [0.15, 0.2) is 53.3 Å². The predicted molar refractivity (Wildman–Crippen MR) is 155 cm³/mol. The smallest absolute Gasteiger partial charge is 0.321 e. The quantitative estimate of drug-likeness (QED) is 0.120. The van der Waals surface area contributed by atoms with E-state index in [-0.39, 0.29) is 16.7 Å². The van der Waals surface area contributed by atoms with Gasteiger partial charge in [0.2, 0.25) is 5.78 Å². The second kappa shape index (κ2) is 9.71. The van der Waals surface area contributed by atoms with E-state index in [1.165, 1.54) is 37.3 Å². The van der Waals surface area contributed by atoms with Gasteiger partial charge in [-0.05, 0) is 17.0 Å². The van der Waals surface area contributed by atoms with E-state index >= 15 is 0 Å². The highest BCUT2D eigenvalue weighted by Gasteiger charge is 2.70. The minimum Gasteiger partial charge on any atom is -0.508 e. The summed E-state index contributed by atoms with van der Waals surface area (Å²) in [5.74, 6) is -7.93. The van der Waals surface area contributed by atoms with Gasteiger partial charge in [-0.15, -0.1) is 0 Å². The van der Waals surface area contributed by atoms with Crippen molar-refractivity contribution in [1.82, 2.24) is 0 Å². The van der Waals surface area contributed by atoms with Crippen LogP contribution in [0.2, 0.25) is 0 Å². The lowest BCUT2D eigenvalue weighted by Gasteiger charge is -2.56. The Labute approximate surface area is 251 Å². The van der Waals surface area contributed by atoms with Gasteiger partial charge in [-0.3, -0.25) is 14.4 Å². The van der Waals surface area contributed by atoms with E-state index in [1.807, 2.05) is 0 Å². The fourth-order valence-electron chi connectivity index (χ4n) is 6.45. The van der Waals surface area contributed by atoms with Crippen molar-refractivity contribution in [1.29, 1.82) is 0 Å². The molecule has 0 unspecified atom stereocenters. The Morgan fingerprint density at radius 1 is 1.10 bits per heavy atom. The summed E-state index contributed by atoms with van der Waals surface area (Å²) in [7, 11) is 0. The van der Waals surface area contributed by atoms with E-state index < -0.39 is 85.2 Å². The normalized spacial score (nSPS) is 29.5. The van der Waals surface area contributed by atoms with Crippen LogP contribution in [-0.4, -0.2) is 54.7 Å². The van der Waals surface area contributed by atoms with Crippen LogP contribution in [0.25, 0.3) is 17.9 Å². The van der Waals surface area contributed by atoms with Gasteiger partial charge in [0.1, 0.15) is 22.8 Å². The summed E-state index contributed by atoms with van der Waals surface area (Å²) in [6.45, 7) is 2.87. The number of halogens is 3. The second-order valence-electron chi connectivity index (χ2n) is 11.1. The molecule has 5 rings (SSSR count). The summed E-state index contributed by atoms with van der Waals surface area (Å²) < 4.78 is 24.0. The van der Waals surface area contributed by atoms with Crippen molar-refractivity contribution >= 4 is 58.0 Å². The van der Waals surface area contributed by atoms with E-state index in [4.69, 9.17) is 5.73 Å². The first-order valence-corrected chi connectivity index (χ1v) is 13.9. The maximum atomic E-state index is 13.9. The molecule has 42 heavy (non-hydrogen) atoms. The molecule has 2 aromatic carbocycles. The molecule has 1 amide bonds. The number of carbonyl (C=O) groups is 3. The number of aliphatic hydroxyl groups is 4. The number of benzene rings is 2. The van der Waals surface area contributed by atoms with Crippen molar-refractivity contribution in [2.75, 3.05) is 0 Å². The summed E-state index contributed by atoms with van der Waals surface area (Å²) in [5.41, 5.74) is -0.400. The van der Waals surface area contributed by atoms with Gasteiger partial charge in [0.05, 0.1) is 11.7 Å². The number of carbonyl (C=O) groups excluding carboxylic acids is 3. The van der Waals surface area contributed by atoms with E-state index in [0.717, 1.165) is 22.6 Å². The molecule has 3 aliphatic rings. The number of nitrogens with two attached hydrogens (primary N) is 1. The highest BCUT2D eigenvalue weighted by atomic mass is 127. The number of phenols is 1. The molecule has 12 heteroatoms. The Kier molecular flexibility index (Phi) is 6.90. The fraction of sp³-hybridized carbons (Fsp3) is 0.300. The van der Waals surface area contributed by atoms with Crippen LogP contribution < -0.4 is 5.73 Å². The number of primary amides is 1. The third-order valence-electron chi connectivity index (χ3n) is 8.81. The monoisotopic (exact) mass is 693 g/mol. The number of aromatic hydroxyl groups is 1. The van der Waals surface area contributed by atoms with Crippen LogP contribution in [0.3, 0.4) is 0 Å². The average Bonchev–Trinajstić information content (AvgIpc) is 2.90. The third kappa shape index (κ3) is 4.02. The van der Waals surface area contributed by atoms with Crippen LogP contribution in [0.1, 0.15) is 54.0 Å². The lowest BCUT2D eigenvalue weighted by atomic mass is 9.49. The predicted octanol–water partition coefficient (Wildman–Crippen LogP) is 4.00. The van der Waals surface area contributed by atoms with Gasteiger partial charge in [0.15, 0.2) is 11.4 Å². The number of aliphatic hydroxyl groups excluding tert-OH is 3.